The van der Waals surface area contributed by atoms with Gasteiger partial charge in [-0.05, 0) is 31.1 Å². The SMILES string of the molecule is CC(C)C1(C)C(=O)C2CCC1C2. The van der Waals surface area contributed by atoms with Crippen molar-refractivity contribution in [2.45, 2.75) is 40.0 Å². The molecule has 3 atom stereocenters. The van der Waals surface area contributed by atoms with Crippen molar-refractivity contribution in [1.29, 1.82) is 0 Å². The Kier molecular flexibility index (Phi) is 1.61. The number of carbonyl (C=O) groups is 1. The van der Waals surface area contributed by atoms with Crippen LogP contribution in [0.3, 0.4) is 0 Å². The molecule has 1 nitrogen and oxygen atoms in total. The predicted molar refractivity (Wildman–Crippen MR) is 48.8 cm³/mol. The highest BCUT2D eigenvalue weighted by atomic mass is 16.1. The van der Waals surface area contributed by atoms with Crippen molar-refractivity contribution < 1.29 is 4.79 Å². The molecule has 1 heteroatoms. The van der Waals surface area contributed by atoms with Gasteiger partial charge in [-0.1, -0.05) is 20.8 Å². The van der Waals surface area contributed by atoms with Gasteiger partial charge >= 0.3 is 0 Å². The highest BCUT2D eigenvalue weighted by Gasteiger charge is 2.56. The standard InChI is InChI=1S/C11H18O/c1-7(2)11(3)9-5-4-8(6-9)10(11)12/h7-9H,4-6H2,1-3H3. The van der Waals surface area contributed by atoms with Crippen LogP contribution in [0.5, 0.6) is 0 Å². The van der Waals surface area contributed by atoms with E-state index in [9.17, 15) is 4.79 Å². The topological polar surface area (TPSA) is 17.1 Å². The van der Waals surface area contributed by atoms with E-state index in [0.29, 0.717) is 23.5 Å². The van der Waals surface area contributed by atoms with E-state index < -0.39 is 0 Å². The second kappa shape index (κ2) is 2.34. The summed E-state index contributed by atoms with van der Waals surface area (Å²) >= 11 is 0. The van der Waals surface area contributed by atoms with Crippen molar-refractivity contribution in [2.75, 3.05) is 0 Å². The Morgan fingerprint density at radius 2 is 2.08 bits per heavy atom. The van der Waals surface area contributed by atoms with E-state index in [1.54, 1.807) is 0 Å². The number of Topliss-reactive ketones (excluding diaryl/α,β-unsaturated/α-hetero) is 1. The lowest BCUT2D eigenvalue weighted by Crippen LogP contribution is -2.38. The maximum Gasteiger partial charge on any atom is 0.142 e. The lowest BCUT2D eigenvalue weighted by Gasteiger charge is -2.36. The van der Waals surface area contributed by atoms with Crippen LogP contribution in [0.15, 0.2) is 0 Å². The minimum atomic E-state index is 0.0307. The Bertz CT molecular complexity index is 219. The third-order valence-electron chi connectivity index (χ3n) is 4.38. The zero-order valence-electron chi connectivity index (χ0n) is 8.26. The number of ketones is 1. The lowest BCUT2D eigenvalue weighted by molar-refractivity contribution is -0.133. The van der Waals surface area contributed by atoms with Gasteiger partial charge in [0.05, 0.1) is 0 Å². The molecule has 2 rings (SSSR count). The smallest absolute Gasteiger partial charge is 0.142 e. The molecule has 0 spiro atoms. The largest absolute Gasteiger partial charge is 0.299 e. The van der Waals surface area contributed by atoms with Crippen LogP contribution in [0.2, 0.25) is 0 Å². The summed E-state index contributed by atoms with van der Waals surface area (Å²) in [6.45, 7) is 6.57. The molecule has 0 aromatic rings. The van der Waals surface area contributed by atoms with Gasteiger partial charge in [-0.15, -0.1) is 0 Å². The molecule has 2 aliphatic rings. The lowest BCUT2D eigenvalue weighted by atomic mass is 9.67. The molecule has 68 valence electrons. The predicted octanol–water partition coefficient (Wildman–Crippen LogP) is 2.65. The van der Waals surface area contributed by atoms with Gasteiger partial charge in [0.1, 0.15) is 5.78 Å². The molecule has 0 aliphatic heterocycles. The van der Waals surface area contributed by atoms with Gasteiger partial charge in [0.25, 0.3) is 0 Å². The highest BCUT2D eigenvalue weighted by Crippen LogP contribution is 2.56. The summed E-state index contributed by atoms with van der Waals surface area (Å²) in [6, 6.07) is 0. The molecule has 2 saturated carbocycles. The normalized spacial score (nSPS) is 46.2. The summed E-state index contributed by atoms with van der Waals surface area (Å²) in [7, 11) is 0. The number of carbonyl (C=O) groups excluding carboxylic acids is 1. The van der Waals surface area contributed by atoms with Crippen LogP contribution in [-0.2, 0) is 4.79 Å². The summed E-state index contributed by atoms with van der Waals surface area (Å²) in [5, 5.41) is 0. The van der Waals surface area contributed by atoms with Gasteiger partial charge in [0.2, 0.25) is 0 Å². The quantitative estimate of drug-likeness (QED) is 0.585. The second-order valence-corrected chi connectivity index (χ2v) is 5.01. The Morgan fingerprint density at radius 1 is 1.42 bits per heavy atom. The van der Waals surface area contributed by atoms with E-state index in [0.717, 1.165) is 0 Å². The van der Waals surface area contributed by atoms with Gasteiger partial charge in [0, 0.05) is 11.3 Å². The first kappa shape index (κ1) is 8.28. The maximum atomic E-state index is 11.9. The maximum absolute atomic E-state index is 11.9. The first-order valence-corrected chi connectivity index (χ1v) is 5.11. The summed E-state index contributed by atoms with van der Waals surface area (Å²) in [4.78, 5) is 11.9. The van der Waals surface area contributed by atoms with Crippen LogP contribution >= 0.6 is 0 Å². The molecule has 0 saturated heterocycles. The van der Waals surface area contributed by atoms with Gasteiger partial charge < -0.3 is 0 Å². The van der Waals surface area contributed by atoms with E-state index in [-0.39, 0.29) is 5.41 Å². The summed E-state index contributed by atoms with van der Waals surface area (Å²) in [5.74, 6) is 2.23. The van der Waals surface area contributed by atoms with Gasteiger partial charge in [-0.25, -0.2) is 0 Å². The van der Waals surface area contributed by atoms with E-state index in [1.807, 2.05) is 0 Å². The molecule has 0 radical (unpaired) electrons. The van der Waals surface area contributed by atoms with Crippen LogP contribution in [0.4, 0.5) is 0 Å². The first-order chi connectivity index (χ1) is 5.56. The average molecular weight is 166 g/mol. The monoisotopic (exact) mass is 166 g/mol. The summed E-state index contributed by atoms with van der Waals surface area (Å²) in [5.41, 5.74) is 0.0307. The summed E-state index contributed by atoms with van der Waals surface area (Å²) in [6.07, 6.45) is 3.66. The molecule has 2 bridgehead atoms. The van der Waals surface area contributed by atoms with Gasteiger partial charge in [-0.3, -0.25) is 4.79 Å². The highest BCUT2D eigenvalue weighted by molar-refractivity contribution is 5.90. The number of hydrogen-bond acceptors (Lipinski definition) is 1. The van der Waals surface area contributed by atoms with E-state index in [1.165, 1.54) is 19.3 Å². The molecule has 2 aliphatic carbocycles. The van der Waals surface area contributed by atoms with Crippen molar-refractivity contribution in [3.05, 3.63) is 0 Å². The molecule has 3 unspecified atom stereocenters. The van der Waals surface area contributed by atoms with Crippen LogP contribution in [0, 0.1) is 23.2 Å². The molecule has 0 aromatic heterocycles. The fourth-order valence-corrected chi connectivity index (χ4v) is 3.16. The molecule has 0 N–H and O–H groups in total. The van der Waals surface area contributed by atoms with Crippen molar-refractivity contribution in [1.82, 2.24) is 0 Å². The Balaban J connectivity index is 2.32. The Labute approximate surface area is 74.5 Å². The zero-order chi connectivity index (χ0) is 8.93. The molecule has 0 amide bonds. The van der Waals surface area contributed by atoms with Crippen molar-refractivity contribution in [3.63, 3.8) is 0 Å². The Morgan fingerprint density at radius 3 is 2.42 bits per heavy atom. The first-order valence-electron chi connectivity index (χ1n) is 5.11. The third kappa shape index (κ3) is 0.773. The molecule has 2 fully saturated rings. The van der Waals surface area contributed by atoms with Gasteiger partial charge in [-0.2, -0.15) is 0 Å². The zero-order valence-corrected chi connectivity index (χ0v) is 8.26. The average Bonchev–Trinajstić information content (AvgIpc) is 2.55. The summed E-state index contributed by atoms with van der Waals surface area (Å²) < 4.78 is 0. The van der Waals surface area contributed by atoms with Crippen LogP contribution in [0.25, 0.3) is 0 Å². The minimum absolute atomic E-state index is 0.0307. The fraction of sp³-hybridized carbons (Fsp3) is 0.909. The molecular weight excluding hydrogens is 148 g/mol. The molecular formula is C11H18O. The van der Waals surface area contributed by atoms with E-state index in [2.05, 4.69) is 20.8 Å². The number of fused-ring (bicyclic) bond motifs is 2. The fourth-order valence-electron chi connectivity index (χ4n) is 3.16. The van der Waals surface area contributed by atoms with Crippen LogP contribution < -0.4 is 0 Å². The van der Waals surface area contributed by atoms with Crippen molar-refractivity contribution >= 4 is 5.78 Å². The van der Waals surface area contributed by atoms with Gasteiger partial charge in [0.15, 0.2) is 0 Å². The number of hydrogen-bond donors (Lipinski definition) is 0. The third-order valence-corrected chi connectivity index (χ3v) is 4.38. The minimum Gasteiger partial charge on any atom is -0.299 e. The van der Waals surface area contributed by atoms with E-state index >= 15 is 0 Å². The molecule has 12 heavy (non-hydrogen) atoms. The molecule has 0 aromatic carbocycles. The molecule has 0 heterocycles. The van der Waals surface area contributed by atoms with Crippen LogP contribution in [0.1, 0.15) is 40.0 Å². The number of rotatable bonds is 1. The second-order valence-electron chi connectivity index (χ2n) is 5.01. The van der Waals surface area contributed by atoms with Crippen molar-refractivity contribution in [3.8, 4) is 0 Å². The van der Waals surface area contributed by atoms with E-state index in [4.69, 9.17) is 0 Å². The van der Waals surface area contributed by atoms with Crippen LogP contribution in [-0.4, -0.2) is 5.78 Å². The van der Waals surface area contributed by atoms with Crippen molar-refractivity contribution in [2.24, 2.45) is 23.2 Å². The Hall–Kier alpha value is -0.330.